The van der Waals surface area contributed by atoms with Crippen LogP contribution in [0.1, 0.15) is 16.3 Å². The molecule has 0 aliphatic rings. The number of aromatic nitrogens is 4. The summed E-state index contributed by atoms with van der Waals surface area (Å²) in [7, 11) is 0. The monoisotopic (exact) mass is 221 g/mol. The van der Waals surface area contributed by atoms with E-state index in [1.807, 2.05) is 0 Å². The van der Waals surface area contributed by atoms with Crippen LogP contribution < -0.4 is 5.32 Å². The van der Waals surface area contributed by atoms with Crippen molar-refractivity contribution in [1.29, 1.82) is 0 Å². The molecule has 2 aromatic rings. The Morgan fingerprint density at radius 2 is 2.38 bits per heavy atom. The van der Waals surface area contributed by atoms with Crippen LogP contribution in [0.25, 0.3) is 0 Å². The molecule has 82 valence electrons. The molecule has 0 atom stereocenters. The number of hydrogen-bond acceptors (Lipinski definition) is 7. The molecular weight excluding hydrogens is 214 g/mol. The van der Waals surface area contributed by atoms with E-state index in [0.29, 0.717) is 11.6 Å². The first kappa shape index (κ1) is 10.0. The molecule has 8 heteroatoms. The third kappa shape index (κ3) is 2.29. The van der Waals surface area contributed by atoms with E-state index in [0.717, 1.165) is 0 Å². The van der Waals surface area contributed by atoms with E-state index in [4.69, 9.17) is 5.11 Å². The van der Waals surface area contributed by atoms with Crippen LogP contribution >= 0.6 is 0 Å². The van der Waals surface area contributed by atoms with Gasteiger partial charge in [0.1, 0.15) is 5.82 Å². The first-order valence-electron chi connectivity index (χ1n) is 4.30. The number of aromatic carboxylic acids is 1. The molecule has 0 radical (unpaired) electrons. The number of nitrogens with zero attached hydrogens (tertiary/aromatic N) is 4. The summed E-state index contributed by atoms with van der Waals surface area (Å²) in [6.45, 7) is 0.286. The predicted octanol–water partition coefficient (Wildman–Crippen LogP) is 0.170. The summed E-state index contributed by atoms with van der Waals surface area (Å²) in [5, 5.41) is 15.1. The summed E-state index contributed by atoms with van der Waals surface area (Å²) in [6.07, 6.45) is 3.78. The molecule has 2 rings (SSSR count). The molecule has 0 unspecified atom stereocenters. The molecule has 2 aromatic heterocycles. The third-order valence-corrected chi connectivity index (χ3v) is 1.69. The first-order chi connectivity index (χ1) is 7.75. The van der Waals surface area contributed by atoms with E-state index in [2.05, 4.69) is 29.9 Å². The van der Waals surface area contributed by atoms with E-state index in [1.165, 1.54) is 18.8 Å². The summed E-state index contributed by atoms with van der Waals surface area (Å²) in [5.74, 6) is -0.345. The van der Waals surface area contributed by atoms with Gasteiger partial charge in [0, 0.05) is 0 Å². The highest BCUT2D eigenvalue weighted by molar-refractivity contribution is 5.85. The lowest BCUT2D eigenvalue weighted by molar-refractivity contribution is 0.0690. The van der Waals surface area contributed by atoms with Crippen LogP contribution in [0.5, 0.6) is 0 Å². The zero-order chi connectivity index (χ0) is 11.4. The quantitative estimate of drug-likeness (QED) is 0.750. The highest BCUT2D eigenvalue weighted by atomic mass is 16.5. The molecule has 0 spiro atoms. The molecule has 16 heavy (non-hydrogen) atoms. The largest absolute Gasteiger partial charge is 0.476 e. The molecule has 2 N–H and O–H groups in total. The second kappa shape index (κ2) is 4.34. The summed E-state index contributed by atoms with van der Waals surface area (Å²) in [5.41, 5.74) is -0.127. The number of nitrogens with one attached hydrogen (secondary N) is 1. The van der Waals surface area contributed by atoms with Gasteiger partial charge in [0.2, 0.25) is 6.39 Å². The van der Waals surface area contributed by atoms with Crippen LogP contribution in [0, 0.1) is 0 Å². The number of carbonyl (C=O) groups is 1. The fraction of sp³-hybridized carbons (Fsp3) is 0.125. The Morgan fingerprint density at radius 1 is 1.50 bits per heavy atom. The molecule has 0 saturated carbocycles. The molecule has 0 aliphatic heterocycles. The van der Waals surface area contributed by atoms with Gasteiger partial charge in [-0.3, -0.25) is 4.98 Å². The first-order valence-corrected chi connectivity index (χ1v) is 4.30. The minimum absolute atomic E-state index is 0.127. The van der Waals surface area contributed by atoms with Gasteiger partial charge in [0.25, 0.3) is 0 Å². The Morgan fingerprint density at radius 3 is 3.06 bits per heavy atom. The number of hydrogen-bond donors (Lipinski definition) is 2. The summed E-state index contributed by atoms with van der Waals surface area (Å²) in [4.78, 5) is 21.9. The number of carboxylic acids is 1. The zero-order valence-corrected chi connectivity index (χ0v) is 7.99. The van der Waals surface area contributed by atoms with Gasteiger partial charge < -0.3 is 14.9 Å². The number of carboxylic acid groups (broad SMARTS) is 1. The predicted molar refractivity (Wildman–Crippen MR) is 50.6 cm³/mol. The van der Waals surface area contributed by atoms with Crippen LogP contribution in [-0.2, 0) is 6.54 Å². The maximum absolute atomic E-state index is 10.6. The van der Waals surface area contributed by atoms with E-state index >= 15 is 0 Å². The fourth-order valence-corrected chi connectivity index (χ4v) is 0.994. The van der Waals surface area contributed by atoms with Gasteiger partial charge in [-0.1, -0.05) is 5.16 Å². The van der Waals surface area contributed by atoms with E-state index in [-0.39, 0.29) is 12.2 Å². The standard InChI is InChI=1S/C8H7N5O3/c14-8(15)5-1-9-2-6(12-5)10-3-7-11-4-16-13-7/h1-2,4H,3H2,(H,10,12)(H,14,15). The maximum atomic E-state index is 10.6. The third-order valence-electron chi connectivity index (χ3n) is 1.69. The van der Waals surface area contributed by atoms with Crippen molar-refractivity contribution in [2.45, 2.75) is 6.54 Å². The summed E-state index contributed by atoms with van der Waals surface area (Å²) >= 11 is 0. The Labute approximate surface area is 89.3 Å². The Hall–Kier alpha value is -2.51. The second-order valence-corrected chi connectivity index (χ2v) is 2.80. The minimum atomic E-state index is -1.13. The van der Waals surface area contributed by atoms with Crippen molar-refractivity contribution >= 4 is 11.8 Å². The van der Waals surface area contributed by atoms with Crippen molar-refractivity contribution in [2.24, 2.45) is 0 Å². The van der Waals surface area contributed by atoms with Crippen molar-refractivity contribution in [3.05, 3.63) is 30.3 Å². The van der Waals surface area contributed by atoms with E-state index in [9.17, 15) is 4.79 Å². The minimum Gasteiger partial charge on any atom is -0.476 e. The SMILES string of the molecule is O=C(O)c1cncc(NCc2ncon2)n1. The summed E-state index contributed by atoms with van der Waals surface area (Å²) in [6, 6.07) is 0. The molecule has 0 aliphatic carbocycles. The highest BCUT2D eigenvalue weighted by Gasteiger charge is 2.06. The fourth-order valence-electron chi connectivity index (χ4n) is 0.994. The topological polar surface area (TPSA) is 114 Å². The van der Waals surface area contributed by atoms with Gasteiger partial charge in [-0.15, -0.1) is 0 Å². The average Bonchev–Trinajstić information content (AvgIpc) is 2.79. The molecule has 2 heterocycles. The van der Waals surface area contributed by atoms with Gasteiger partial charge in [0.15, 0.2) is 11.5 Å². The lowest BCUT2D eigenvalue weighted by atomic mass is 10.4. The number of rotatable bonds is 4. The van der Waals surface area contributed by atoms with Crippen LogP contribution in [0.3, 0.4) is 0 Å². The molecule has 0 aromatic carbocycles. The Kier molecular flexibility index (Phi) is 2.72. The molecule has 8 nitrogen and oxygen atoms in total. The Bertz CT molecular complexity index is 484. The van der Waals surface area contributed by atoms with Crippen LogP contribution in [0.15, 0.2) is 23.3 Å². The molecule has 0 amide bonds. The maximum Gasteiger partial charge on any atom is 0.356 e. The van der Waals surface area contributed by atoms with Gasteiger partial charge in [-0.25, -0.2) is 9.78 Å². The van der Waals surface area contributed by atoms with Crippen molar-refractivity contribution in [1.82, 2.24) is 20.1 Å². The van der Waals surface area contributed by atoms with Gasteiger partial charge >= 0.3 is 5.97 Å². The molecule has 0 fully saturated rings. The lowest BCUT2D eigenvalue weighted by Crippen LogP contribution is -2.07. The smallest absolute Gasteiger partial charge is 0.356 e. The van der Waals surface area contributed by atoms with Crippen LogP contribution in [-0.4, -0.2) is 31.2 Å². The average molecular weight is 221 g/mol. The van der Waals surface area contributed by atoms with Gasteiger partial charge in [-0.2, -0.15) is 4.98 Å². The zero-order valence-electron chi connectivity index (χ0n) is 7.99. The Balaban J connectivity index is 2.04. The normalized spacial score (nSPS) is 10.0. The summed E-state index contributed by atoms with van der Waals surface area (Å²) < 4.78 is 4.53. The van der Waals surface area contributed by atoms with E-state index in [1.54, 1.807) is 0 Å². The second-order valence-electron chi connectivity index (χ2n) is 2.80. The highest BCUT2D eigenvalue weighted by Crippen LogP contribution is 2.03. The van der Waals surface area contributed by atoms with Gasteiger partial charge in [0.05, 0.1) is 18.9 Å². The van der Waals surface area contributed by atoms with Crippen molar-refractivity contribution in [2.75, 3.05) is 5.32 Å². The van der Waals surface area contributed by atoms with Crippen LogP contribution in [0.2, 0.25) is 0 Å². The van der Waals surface area contributed by atoms with Crippen molar-refractivity contribution in [3.8, 4) is 0 Å². The number of anilines is 1. The van der Waals surface area contributed by atoms with Crippen molar-refractivity contribution in [3.63, 3.8) is 0 Å². The molecular formula is C8H7N5O3. The molecule has 0 saturated heterocycles. The molecule has 0 bridgehead atoms. The van der Waals surface area contributed by atoms with Gasteiger partial charge in [-0.05, 0) is 0 Å². The van der Waals surface area contributed by atoms with Crippen molar-refractivity contribution < 1.29 is 14.4 Å². The lowest BCUT2D eigenvalue weighted by Gasteiger charge is -2.02. The van der Waals surface area contributed by atoms with E-state index < -0.39 is 5.97 Å². The van der Waals surface area contributed by atoms with Crippen LogP contribution in [0.4, 0.5) is 5.82 Å².